The number of rotatable bonds is 2. The normalized spacial score (nSPS) is 9.06. The smallest absolute Gasteiger partial charge is 0.159 e. The number of ketones is 1. The summed E-state index contributed by atoms with van der Waals surface area (Å²) in [5.41, 5.74) is 1.63. The van der Waals surface area contributed by atoms with Crippen molar-refractivity contribution in [1.82, 2.24) is 0 Å². The summed E-state index contributed by atoms with van der Waals surface area (Å²) in [6, 6.07) is 18.5. The Hall–Kier alpha value is -1.93. The van der Waals surface area contributed by atoms with Gasteiger partial charge in [-0.3, -0.25) is 4.79 Å². The molecule has 2 rings (SSSR count). The standard InChI is InChI=1S/C8H8O.C7H7O/c1-7(9)8-5-3-2-4-6-8;8-6-7-4-2-1-3-5-7/h2-6H,1H3;1-5H,6H2. The minimum atomic E-state index is -0.110. The van der Waals surface area contributed by atoms with E-state index in [-0.39, 0.29) is 12.4 Å². The summed E-state index contributed by atoms with van der Waals surface area (Å²) in [5, 5.41) is 10.1. The Morgan fingerprint density at radius 2 is 1.35 bits per heavy atom. The molecule has 1 radical (unpaired) electrons. The van der Waals surface area contributed by atoms with E-state index in [4.69, 9.17) is 0 Å². The van der Waals surface area contributed by atoms with E-state index in [1.807, 2.05) is 60.7 Å². The SMILES string of the molecule is CC(=O)c1ccccc1.[O]Cc1ccccc1. The maximum atomic E-state index is 10.6. The fourth-order valence-electron chi connectivity index (χ4n) is 1.25. The molecule has 0 aliphatic heterocycles. The first kappa shape index (κ1) is 13.1. The van der Waals surface area contributed by atoms with Gasteiger partial charge in [0.1, 0.15) is 6.61 Å². The van der Waals surface area contributed by atoms with Crippen LogP contribution >= 0.6 is 0 Å². The number of carbonyl (C=O) groups excluding carboxylic acids is 1. The summed E-state index contributed by atoms with van der Waals surface area (Å²) in [6.07, 6.45) is 0. The van der Waals surface area contributed by atoms with Crippen molar-refractivity contribution in [3.05, 3.63) is 71.8 Å². The highest BCUT2D eigenvalue weighted by atomic mass is 16.3. The lowest BCUT2D eigenvalue weighted by Crippen LogP contribution is -1.88. The quantitative estimate of drug-likeness (QED) is 0.723. The van der Waals surface area contributed by atoms with Gasteiger partial charge in [0.05, 0.1) is 0 Å². The Bertz CT molecular complexity index is 435. The summed E-state index contributed by atoms with van der Waals surface area (Å²) >= 11 is 0. The molecule has 0 saturated carbocycles. The zero-order chi connectivity index (χ0) is 12.5. The Labute approximate surface area is 102 Å². The van der Waals surface area contributed by atoms with Crippen LogP contribution in [0, 0.1) is 0 Å². The van der Waals surface area contributed by atoms with E-state index in [2.05, 4.69) is 0 Å². The Kier molecular flexibility index (Phi) is 5.69. The predicted octanol–water partition coefficient (Wildman–Crippen LogP) is 3.51. The molecular weight excluding hydrogens is 212 g/mol. The summed E-state index contributed by atoms with van der Waals surface area (Å²) < 4.78 is 0. The lowest BCUT2D eigenvalue weighted by atomic mass is 10.2. The van der Waals surface area contributed by atoms with Gasteiger partial charge in [-0.2, -0.15) is 0 Å². The number of carbonyl (C=O) groups is 1. The van der Waals surface area contributed by atoms with Gasteiger partial charge in [0.25, 0.3) is 0 Å². The molecule has 0 unspecified atom stereocenters. The molecule has 0 bridgehead atoms. The molecular formula is C15H15O2. The van der Waals surface area contributed by atoms with Crippen LogP contribution in [0.25, 0.3) is 0 Å². The van der Waals surface area contributed by atoms with Crippen molar-refractivity contribution in [3.63, 3.8) is 0 Å². The molecule has 0 atom stereocenters. The lowest BCUT2D eigenvalue weighted by Gasteiger charge is -1.89. The van der Waals surface area contributed by atoms with E-state index >= 15 is 0 Å². The molecule has 0 heterocycles. The third kappa shape index (κ3) is 5.09. The van der Waals surface area contributed by atoms with E-state index < -0.39 is 0 Å². The molecule has 0 N–H and O–H groups in total. The monoisotopic (exact) mass is 227 g/mol. The Morgan fingerprint density at radius 1 is 0.882 bits per heavy atom. The molecule has 2 nitrogen and oxygen atoms in total. The van der Waals surface area contributed by atoms with Crippen molar-refractivity contribution in [2.75, 3.05) is 0 Å². The van der Waals surface area contributed by atoms with E-state index in [1.54, 1.807) is 6.92 Å². The Morgan fingerprint density at radius 3 is 1.65 bits per heavy atom. The zero-order valence-electron chi connectivity index (χ0n) is 9.80. The Balaban J connectivity index is 0.000000171. The largest absolute Gasteiger partial charge is 0.295 e. The van der Waals surface area contributed by atoms with Crippen molar-refractivity contribution in [2.45, 2.75) is 13.5 Å². The van der Waals surface area contributed by atoms with Gasteiger partial charge < -0.3 is 0 Å². The molecule has 0 aliphatic rings. The summed E-state index contributed by atoms with van der Waals surface area (Å²) in [4.78, 5) is 10.6. The second-order valence-corrected chi connectivity index (χ2v) is 3.55. The van der Waals surface area contributed by atoms with Crippen molar-refractivity contribution in [1.29, 1.82) is 0 Å². The maximum Gasteiger partial charge on any atom is 0.159 e. The van der Waals surface area contributed by atoms with Crippen LogP contribution < -0.4 is 0 Å². The fourth-order valence-corrected chi connectivity index (χ4v) is 1.25. The molecule has 0 fully saturated rings. The van der Waals surface area contributed by atoms with Crippen LogP contribution in [0.15, 0.2) is 60.7 Å². The topological polar surface area (TPSA) is 37.0 Å². The molecule has 2 heteroatoms. The second-order valence-electron chi connectivity index (χ2n) is 3.55. The molecule has 2 aromatic rings. The number of hydrogen-bond acceptors (Lipinski definition) is 1. The van der Waals surface area contributed by atoms with E-state index in [0.29, 0.717) is 0 Å². The molecule has 0 aromatic heterocycles. The van der Waals surface area contributed by atoms with Gasteiger partial charge in [0.2, 0.25) is 0 Å². The minimum Gasteiger partial charge on any atom is -0.295 e. The highest BCUT2D eigenvalue weighted by Gasteiger charge is 1.92. The van der Waals surface area contributed by atoms with E-state index in [9.17, 15) is 9.90 Å². The third-order valence-electron chi connectivity index (χ3n) is 2.19. The number of hydrogen-bond donors (Lipinski definition) is 0. The van der Waals surface area contributed by atoms with Crippen LogP contribution in [-0.2, 0) is 11.7 Å². The van der Waals surface area contributed by atoms with Crippen LogP contribution in [0.3, 0.4) is 0 Å². The van der Waals surface area contributed by atoms with Gasteiger partial charge in [0, 0.05) is 5.56 Å². The van der Waals surface area contributed by atoms with Crippen molar-refractivity contribution >= 4 is 5.78 Å². The van der Waals surface area contributed by atoms with Gasteiger partial charge in [0.15, 0.2) is 5.78 Å². The third-order valence-corrected chi connectivity index (χ3v) is 2.19. The maximum absolute atomic E-state index is 10.6. The fraction of sp³-hybridized carbons (Fsp3) is 0.133. The van der Waals surface area contributed by atoms with Crippen LogP contribution in [0.1, 0.15) is 22.8 Å². The first-order valence-corrected chi connectivity index (χ1v) is 5.42. The molecule has 0 amide bonds. The van der Waals surface area contributed by atoms with Crippen molar-refractivity contribution in [3.8, 4) is 0 Å². The predicted molar refractivity (Wildman–Crippen MR) is 67.3 cm³/mol. The molecule has 17 heavy (non-hydrogen) atoms. The first-order valence-electron chi connectivity index (χ1n) is 5.42. The summed E-state index contributed by atoms with van der Waals surface area (Å²) in [7, 11) is 0. The summed E-state index contributed by atoms with van der Waals surface area (Å²) in [6.45, 7) is 1.45. The molecule has 0 spiro atoms. The van der Waals surface area contributed by atoms with Gasteiger partial charge in [-0.1, -0.05) is 60.7 Å². The van der Waals surface area contributed by atoms with E-state index in [0.717, 1.165) is 11.1 Å². The second kappa shape index (κ2) is 7.36. The van der Waals surface area contributed by atoms with Crippen LogP contribution in [0.2, 0.25) is 0 Å². The minimum absolute atomic E-state index is 0.110. The average Bonchev–Trinajstić information content (AvgIpc) is 2.41. The molecule has 0 aliphatic carbocycles. The molecule has 2 aromatic carbocycles. The number of benzene rings is 2. The van der Waals surface area contributed by atoms with Crippen LogP contribution in [0.4, 0.5) is 0 Å². The highest BCUT2D eigenvalue weighted by Crippen LogP contribution is 1.97. The van der Waals surface area contributed by atoms with Gasteiger partial charge in [-0.15, -0.1) is 0 Å². The average molecular weight is 227 g/mol. The number of Topliss-reactive ketones (excluding diaryl/α,β-unsaturated/α-hetero) is 1. The van der Waals surface area contributed by atoms with Gasteiger partial charge in [-0.25, -0.2) is 5.11 Å². The van der Waals surface area contributed by atoms with Crippen LogP contribution in [0.5, 0.6) is 0 Å². The van der Waals surface area contributed by atoms with Crippen molar-refractivity contribution < 1.29 is 9.90 Å². The van der Waals surface area contributed by atoms with Crippen LogP contribution in [-0.4, -0.2) is 5.78 Å². The molecule has 87 valence electrons. The zero-order valence-corrected chi connectivity index (χ0v) is 9.80. The summed E-state index contributed by atoms with van der Waals surface area (Å²) in [5.74, 6) is 0.121. The van der Waals surface area contributed by atoms with Gasteiger partial charge >= 0.3 is 0 Å². The first-order chi connectivity index (χ1) is 8.24. The van der Waals surface area contributed by atoms with Gasteiger partial charge in [-0.05, 0) is 12.5 Å². The lowest BCUT2D eigenvalue weighted by molar-refractivity contribution is 0.101. The highest BCUT2D eigenvalue weighted by molar-refractivity contribution is 5.93. The van der Waals surface area contributed by atoms with Crippen molar-refractivity contribution in [2.24, 2.45) is 0 Å². The van der Waals surface area contributed by atoms with E-state index in [1.165, 1.54) is 0 Å². The molecule has 0 saturated heterocycles.